The molecule has 0 amide bonds. The van der Waals surface area contributed by atoms with Crippen LogP contribution in [0.2, 0.25) is 5.02 Å². The molecule has 1 saturated heterocycles. The molecule has 2 rings (SSSR count). The molecule has 3 heteroatoms. The van der Waals surface area contributed by atoms with Gasteiger partial charge in [-0.2, -0.15) is 0 Å². The average molecular weight is 281 g/mol. The summed E-state index contributed by atoms with van der Waals surface area (Å²) in [5.74, 6) is 0. The van der Waals surface area contributed by atoms with E-state index >= 15 is 0 Å². The summed E-state index contributed by atoms with van der Waals surface area (Å²) in [6, 6.07) is 6.46. The third-order valence-corrected chi connectivity index (χ3v) is 3.83. The summed E-state index contributed by atoms with van der Waals surface area (Å²) < 4.78 is 0. The predicted molar refractivity (Wildman–Crippen MR) is 84.1 cm³/mol. The number of halogens is 1. The fraction of sp³-hybridized carbons (Fsp3) is 0.625. The second-order valence-electron chi connectivity index (χ2n) is 6.44. The Balaban J connectivity index is 2.04. The Kier molecular flexibility index (Phi) is 4.75. The third kappa shape index (κ3) is 4.39. The maximum Gasteiger partial charge on any atom is 0.0642 e. The molecule has 0 bridgehead atoms. The van der Waals surface area contributed by atoms with Gasteiger partial charge in [0.1, 0.15) is 0 Å². The first-order chi connectivity index (χ1) is 8.96. The number of hydrogen-bond donors (Lipinski definition) is 1. The van der Waals surface area contributed by atoms with Crippen molar-refractivity contribution in [2.75, 3.05) is 18.0 Å². The first-order valence-corrected chi connectivity index (χ1v) is 7.62. The third-order valence-electron chi connectivity index (χ3n) is 3.53. The van der Waals surface area contributed by atoms with Crippen LogP contribution in [0.4, 0.5) is 5.69 Å². The van der Waals surface area contributed by atoms with Crippen molar-refractivity contribution < 1.29 is 0 Å². The Morgan fingerprint density at radius 3 is 2.42 bits per heavy atom. The smallest absolute Gasteiger partial charge is 0.0642 e. The molecule has 0 aliphatic carbocycles. The predicted octanol–water partition coefficient (Wildman–Crippen LogP) is 4.22. The molecule has 0 unspecified atom stereocenters. The van der Waals surface area contributed by atoms with Gasteiger partial charge in [0, 0.05) is 25.2 Å². The Hall–Kier alpha value is -0.730. The van der Waals surface area contributed by atoms with Crippen molar-refractivity contribution in [2.45, 2.75) is 52.1 Å². The van der Waals surface area contributed by atoms with Gasteiger partial charge in [-0.15, -0.1) is 0 Å². The summed E-state index contributed by atoms with van der Waals surface area (Å²) in [5.41, 5.74) is 2.58. The van der Waals surface area contributed by atoms with Crippen molar-refractivity contribution in [3.05, 3.63) is 28.8 Å². The van der Waals surface area contributed by atoms with Crippen molar-refractivity contribution in [3.8, 4) is 0 Å². The van der Waals surface area contributed by atoms with Crippen LogP contribution in [0.25, 0.3) is 0 Å². The molecular weight excluding hydrogens is 256 g/mol. The largest absolute Gasteiger partial charge is 0.370 e. The van der Waals surface area contributed by atoms with Crippen LogP contribution in [0.5, 0.6) is 0 Å². The van der Waals surface area contributed by atoms with Gasteiger partial charge in [-0.05, 0) is 57.7 Å². The van der Waals surface area contributed by atoms with Crippen LogP contribution in [0.1, 0.15) is 45.6 Å². The van der Waals surface area contributed by atoms with Gasteiger partial charge in [0.2, 0.25) is 0 Å². The second-order valence-corrected chi connectivity index (χ2v) is 6.84. The highest BCUT2D eigenvalue weighted by atomic mass is 35.5. The molecule has 1 aromatic rings. The highest BCUT2D eigenvalue weighted by molar-refractivity contribution is 6.33. The van der Waals surface area contributed by atoms with Crippen LogP contribution in [-0.2, 0) is 6.54 Å². The van der Waals surface area contributed by atoms with Crippen molar-refractivity contribution in [1.29, 1.82) is 0 Å². The van der Waals surface area contributed by atoms with Gasteiger partial charge in [0.05, 0.1) is 10.7 Å². The first-order valence-electron chi connectivity index (χ1n) is 7.24. The molecule has 0 saturated carbocycles. The number of rotatable bonds is 3. The lowest BCUT2D eigenvalue weighted by Gasteiger charge is -2.30. The zero-order valence-corrected chi connectivity index (χ0v) is 13.1. The van der Waals surface area contributed by atoms with E-state index in [1.165, 1.54) is 30.5 Å². The summed E-state index contributed by atoms with van der Waals surface area (Å²) in [5, 5.41) is 4.38. The van der Waals surface area contributed by atoms with Gasteiger partial charge < -0.3 is 10.2 Å². The molecule has 1 aromatic carbocycles. The molecule has 0 aromatic heterocycles. The number of anilines is 1. The van der Waals surface area contributed by atoms with Crippen molar-refractivity contribution in [2.24, 2.45) is 0 Å². The van der Waals surface area contributed by atoms with Gasteiger partial charge in [-0.25, -0.2) is 0 Å². The topological polar surface area (TPSA) is 15.3 Å². The molecular formula is C16H25ClN2. The fourth-order valence-corrected chi connectivity index (χ4v) is 2.74. The van der Waals surface area contributed by atoms with Gasteiger partial charge in [0.15, 0.2) is 0 Å². The van der Waals surface area contributed by atoms with Crippen LogP contribution in [-0.4, -0.2) is 18.6 Å². The molecule has 0 atom stereocenters. The summed E-state index contributed by atoms with van der Waals surface area (Å²) in [7, 11) is 0. The van der Waals surface area contributed by atoms with E-state index in [4.69, 9.17) is 11.6 Å². The van der Waals surface area contributed by atoms with Crippen LogP contribution in [0.3, 0.4) is 0 Å². The second kappa shape index (κ2) is 6.15. The SMILES string of the molecule is CC(C)(C)NCc1ccc(N2CCCCC2)c(Cl)c1. The van der Waals surface area contributed by atoms with Gasteiger partial charge in [-0.3, -0.25) is 0 Å². The van der Waals surface area contributed by atoms with Crippen molar-refractivity contribution >= 4 is 17.3 Å². The van der Waals surface area contributed by atoms with E-state index in [9.17, 15) is 0 Å². The number of nitrogens with one attached hydrogen (secondary N) is 1. The average Bonchev–Trinajstić information content (AvgIpc) is 2.37. The number of piperidine rings is 1. The molecule has 1 aliphatic heterocycles. The highest BCUT2D eigenvalue weighted by Crippen LogP contribution is 2.29. The van der Waals surface area contributed by atoms with Crippen LogP contribution in [0, 0.1) is 0 Å². The van der Waals surface area contributed by atoms with Gasteiger partial charge >= 0.3 is 0 Å². The minimum absolute atomic E-state index is 0.137. The van der Waals surface area contributed by atoms with Gasteiger partial charge in [-0.1, -0.05) is 17.7 Å². The Morgan fingerprint density at radius 1 is 1.16 bits per heavy atom. The standard InChI is InChI=1S/C16H25ClN2/c1-16(2,3)18-12-13-7-8-15(14(17)11-13)19-9-5-4-6-10-19/h7-8,11,18H,4-6,9-10,12H2,1-3H3. The summed E-state index contributed by atoms with van der Waals surface area (Å²) in [6.07, 6.45) is 3.91. The maximum atomic E-state index is 6.44. The fourth-order valence-electron chi connectivity index (χ4n) is 2.42. The normalized spacial score (nSPS) is 16.7. The van der Waals surface area contributed by atoms with E-state index < -0.39 is 0 Å². The zero-order valence-electron chi connectivity index (χ0n) is 12.3. The molecule has 106 valence electrons. The monoisotopic (exact) mass is 280 g/mol. The Morgan fingerprint density at radius 2 is 1.84 bits per heavy atom. The van der Waals surface area contributed by atoms with Crippen molar-refractivity contribution in [3.63, 3.8) is 0 Å². The molecule has 1 heterocycles. The number of hydrogen-bond acceptors (Lipinski definition) is 2. The molecule has 19 heavy (non-hydrogen) atoms. The molecule has 1 N–H and O–H groups in total. The Bertz CT molecular complexity index is 417. The number of nitrogens with zero attached hydrogens (tertiary/aromatic N) is 1. The first kappa shape index (κ1) is 14.7. The quantitative estimate of drug-likeness (QED) is 0.892. The maximum absolute atomic E-state index is 6.44. The lowest BCUT2D eigenvalue weighted by molar-refractivity contribution is 0.424. The highest BCUT2D eigenvalue weighted by Gasteiger charge is 2.14. The van der Waals surface area contributed by atoms with Crippen molar-refractivity contribution in [1.82, 2.24) is 5.32 Å². The van der Waals surface area contributed by atoms with Crippen LogP contribution < -0.4 is 10.2 Å². The Labute approximate surface area is 122 Å². The van der Waals surface area contributed by atoms with E-state index in [1.807, 2.05) is 0 Å². The molecule has 0 spiro atoms. The zero-order chi connectivity index (χ0) is 13.9. The summed E-state index contributed by atoms with van der Waals surface area (Å²) in [6.45, 7) is 9.67. The van der Waals surface area contributed by atoms with E-state index in [2.05, 4.69) is 49.2 Å². The number of benzene rings is 1. The molecule has 2 nitrogen and oxygen atoms in total. The van der Waals surface area contributed by atoms with E-state index in [-0.39, 0.29) is 5.54 Å². The minimum atomic E-state index is 0.137. The molecule has 1 fully saturated rings. The molecule has 0 radical (unpaired) electrons. The summed E-state index contributed by atoms with van der Waals surface area (Å²) in [4.78, 5) is 2.41. The minimum Gasteiger partial charge on any atom is -0.370 e. The van der Waals surface area contributed by atoms with E-state index in [1.54, 1.807) is 0 Å². The van der Waals surface area contributed by atoms with E-state index in [0.29, 0.717) is 0 Å². The van der Waals surface area contributed by atoms with Crippen LogP contribution in [0.15, 0.2) is 18.2 Å². The van der Waals surface area contributed by atoms with E-state index in [0.717, 1.165) is 24.7 Å². The lowest BCUT2D eigenvalue weighted by Crippen LogP contribution is -2.35. The van der Waals surface area contributed by atoms with Gasteiger partial charge in [0.25, 0.3) is 0 Å². The summed E-state index contributed by atoms with van der Waals surface area (Å²) >= 11 is 6.44. The van der Waals surface area contributed by atoms with Crippen LogP contribution >= 0.6 is 11.6 Å². The lowest BCUT2D eigenvalue weighted by atomic mass is 10.1. The molecule has 1 aliphatic rings.